The Balaban J connectivity index is 1.83. The van der Waals surface area contributed by atoms with Gasteiger partial charge in [-0.3, -0.25) is 0 Å². The zero-order chi connectivity index (χ0) is 14.1. The standard InChI is InChI=1S/C16H14ClNS2/c1-10-8-11(6-7-13(10)18)19-9-15-16(17)12-4-2-3-5-14(12)20-15/h2-8H,9,18H2,1H3. The highest BCUT2D eigenvalue weighted by molar-refractivity contribution is 7.98. The maximum atomic E-state index is 6.46. The zero-order valence-electron chi connectivity index (χ0n) is 11.0. The minimum absolute atomic E-state index is 0.842. The van der Waals surface area contributed by atoms with Crippen molar-refractivity contribution in [3.8, 4) is 0 Å². The first-order valence-electron chi connectivity index (χ1n) is 6.30. The Morgan fingerprint density at radius 3 is 2.75 bits per heavy atom. The largest absolute Gasteiger partial charge is 0.399 e. The van der Waals surface area contributed by atoms with Gasteiger partial charge in [0.15, 0.2) is 0 Å². The van der Waals surface area contributed by atoms with Crippen molar-refractivity contribution in [2.75, 3.05) is 5.73 Å². The molecular formula is C16H14ClNS2. The summed E-state index contributed by atoms with van der Waals surface area (Å²) in [6, 6.07) is 14.4. The van der Waals surface area contributed by atoms with Crippen molar-refractivity contribution in [3.05, 3.63) is 57.9 Å². The van der Waals surface area contributed by atoms with E-state index in [1.54, 1.807) is 23.1 Å². The van der Waals surface area contributed by atoms with Crippen LogP contribution in [0.3, 0.4) is 0 Å². The summed E-state index contributed by atoms with van der Waals surface area (Å²) < 4.78 is 1.25. The molecule has 4 heteroatoms. The zero-order valence-corrected chi connectivity index (χ0v) is 13.4. The number of halogens is 1. The molecule has 0 radical (unpaired) electrons. The van der Waals surface area contributed by atoms with Crippen molar-refractivity contribution in [2.24, 2.45) is 0 Å². The van der Waals surface area contributed by atoms with Crippen LogP contribution in [0.1, 0.15) is 10.4 Å². The van der Waals surface area contributed by atoms with Crippen LogP contribution in [-0.4, -0.2) is 0 Å². The summed E-state index contributed by atoms with van der Waals surface area (Å²) in [5.41, 5.74) is 7.81. The molecule has 0 unspecified atom stereocenters. The van der Waals surface area contributed by atoms with Crippen LogP contribution in [0.2, 0.25) is 5.02 Å². The fraction of sp³-hybridized carbons (Fsp3) is 0.125. The summed E-state index contributed by atoms with van der Waals surface area (Å²) in [6.07, 6.45) is 0. The number of anilines is 1. The van der Waals surface area contributed by atoms with Crippen molar-refractivity contribution < 1.29 is 0 Å². The Morgan fingerprint density at radius 1 is 1.20 bits per heavy atom. The molecular weight excluding hydrogens is 306 g/mol. The molecule has 0 bridgehead atoms. The molecule has 1 nitrogen and oxygen atoms in total. The fourth-order valence-corrected chi connectivity index (χ4v) is 4.70. The molecule has 0 aliphatic heterocycles. The monoisotopic (exact) mass is 319 g/mol. The molecule has 102 valence electrons. The van der Waals surface area contributed by atoms with E-state index < -0.39 is 0 Å². The molecule has 0 spiro atoms. The highest BCUT2D eigenvalue weighted by atomic mass is 35.5. The summed E-state index contributed by atoms with van der Waals surface area (Å²) in [5, 5.41) is 2.05. The Kier molecular flexibility index (Phi) is 3.92. The first-order valence-corrected chi connectivity index (χ1v) is 8.48. The number of nitrogen functional groups attached to an aromatic ring is 1. The van der Waals surface area contributed by atoms with Crippen molar-refractivity contribution >= 4 is 50.5 Å². The summed E-state index contributed by atoms with van der Waals surface area (Å²) >= 11 is 10.0. The van der Waals surface area contributed by atoms with E-state index in [1.165, 1.54) is 14.5 Å². The van der Waals surface area contributed by atoms with Crippen molar-refractivity contribution in [1.29, 1.82) is 0 Å². The molecule has 1 aromatic heterocycles. The molecule has 0 saturated heterocycles. The summed E-state index contributed by atoms with van der Waals surface area (Å²) in [4.78, 5) is 2.46. The van der Waals surface area contributed by atoms with Crippen molar-refractivity contribution in [1.82, 2.24) is 0 Å². The van der Waals surface area contributed by atoms with Crippen LogP contribution < -0.4 is 5.73 Å². The second-order valence-electron chi connectivity index (χ2n) is 4.64. The van der Waals surface area contributed by atoms with Gasteiger partial charge in [0.05, 0.1) is 5.02 Å². The SMILES string of the molecule is Cc1cc(SCc2sc3ccccc3c2Cl)ccc1N. The predicted octanol–water partition coefficient (Wildman–Crippen LogP) is 5.74. The number of fused-ring (bicyclic) bond motifs is 1. The van der Waals surface area contributed by atoms with Crippen molar-refractivity contribution in [2.45, 2.75) is 17.6 Å². The number of thioether (sulfide) groups is 1. The lowest BCUT2D eigenvalue weighted by Crippen LogP contribution is -1.88. The van der Waals surface area contributed by atoms with E-state index in [-0.39, 0.29) is 0 Å². The number of aryl methyl sites for hydroxylation is 1. The van der Waals surface area contributed by atoms with Gasteiger partial charge in [-0.05, 0) is 36.8 Å². The van der Waals surface area contributed by atoms with Crippen LogP contribution in [0, 0.1) is 6.92 Å². The van der Waals surface area contributed by atoms with Gasteiger partial charge >= 0.3 is 0 Å². The van der Waals surface area contributed by atoms with Gasteiger partial charge in [-0.2, -0.15) is 0 Å². The van der Waals surface area contributed by atoms with E-state index >= 15 is 0 Å². The smallest absolute Gasteiger partial charge is 0.0632 e. The van der Waals surface area contributed by atoms with Crippen LogP contribution >= 0.6 is 34.7 Å². The van der Waals surface area contributed by atoms with Crippen molar-refractivity contribution in [3.63, 3.8) is 0 Å². The lowest BCUT2D eigenvalue weighted by atomic mass is 10.2. The average molecular weight is 320 g/mol. The summed E-state index contributed by atoms with van der Waals surface area (Å²) in [5.74, 6) is 0.890. The normalized spacial score (nSPS) is 11.1. The van der Waals surface area contributed by atoms with Gasteiger partial charge in [0.25, 0.3) is 0 Å². The third-order valence-corrected chi connectivity index (χ3v) is 6.13. The van der Waals surface area contributed by atoms with Gasteiger partial charge in [-0.25, -0.2) is 0 Å². The average Bonchev–Trinajstić information content (AvgIpc) is 2.77. The minimum Gasteiger partial charge on any atom is -0.399 e. The topological polar surface area (TPSA) is 26.0 Å². The lowest BCUT2D eigenvalue weighted by Gasteiger charge is -2.04. The molecule has 3 rings (SSSR count). The Bertz CT molecular complexity index is 764. The molecule has 1 heterocycles. The summed E-state index contributed by atoms with van der Waals surface area (Å²) in [6.45, 7) is 2.03. The lowest BCUT2D eigenvalue weighted by molar-refractivity contribution is 1.35. The van der Waals surface area contributed by atoms with E-state index in [2.05, 4.69) is 30.3 Å². The van der Waals surface area contributed by atoms with E-state index in [0.29, 0.717) is 0 Å². The first kappa shape index (κ1) is 13.8. The van der Waals surface area contributed by atoms with Crippen LogP contribution in [-0.2, 0) is 5.75 Å². The van der Waals surface area contributed by atoms with Crippen LogP contribution in [0.5, 0.6) is 0 Å². The van der Waals surface area contributed by atoms with Gasteiger partial charge in [-0.15, -0.1) is 23.1 Å². The molecule has 0 aliphatic carbocycles. The van der Waals surface area contributed by atoms with E-state index in [4.69, 9.17) is 17.3 Å². The second-order valence-corrected chi connectivity index (χ2v) is 7.21. The van der Waals surface area contributed by atoms with E-state index in [0.717, 1.165) is 27.4 Å². The Labute approximate surface area is 131 Å². The number of hydrogen-bond donors (Lipinski definition) is 1. The second kappa shape index (κ2) is 5.68. The molecule has 3 aromatic rings. The summed E-state index contributed by atoms with van der Waals surface area (Å²) in [7, 11) is 0. The van der Waals surface area contributed by atoms with Crippen LogP contribution in [0.4, 0.5) is 5.69 Å². The molecule has 20 heavy (non-hydrogen) atoms. The molecule has 2 N–H and O–H groups in total. The molecule has 0 amide bonds. The minimum atomic E-state index is 0.842. The number of thiophene rings is 1. The molecule has 0 fully saturated rings. The van der Waals surface area contributed by atoms with Gasteiger partial charge in [0.2, 0.25) is 0 Å². The quantitative estimate of drug-likeness (QED) is 0.492. The molecule has 0 atom stereocenters. The van der Waals surface area contributed by atoms with Gasteiger partial charge in [0, 0.05) is 31.3 Å². The molecule has 0 aliphatic rings. The fourth-order valence-electron chi connectivity index (χ4n) is 2.04. The maximum Gasteiger partial charge on any atom is 0.0632 e. The number of nitrogens with two attached hydrogens (primary N) is 1. The molecule has 0 saturated carbocycles. The highest BCUT2D eigenvalue weighted by Crippen LogP contribution is 2.38. The number of hydrogen-bond acceptors (Lipinski definition) is 3. The van der Waals surface area contributed by atoms with Crippen LogP contribution in [0.25, 0.3) is 10.1 Å². The number of rotatable bonds is 3. The third-order valence-electron chi connectivity index (χ3n) is 3.21. The van der Waals surface area contributed by atoms with Crippen LogP contribution in [0.15, 0.2) is 47.4 Å². The molecule has 2 aromatic carbocycles. The predicted molar refractivity (Wildman–Crippen MR) is 92.0 cm³/mol. The van der Waals surface area contributed by atoms with Gasteiger partial charge in [-0.1, -0.05) is 29.8 Å². The van der Waals surface area contributed by atoms with Gasteiger partial charge in [0.1, 0.15) is 0 Å². The number of benzene rings is 2. The Hall–Kier alpha value is -1.16. The third kappa shape index (κ3) is 2.66. The first-order chi connectivity index (χ1) is 9.65. The highest BCUT2D eigenvalue weighted by Gasteiger charge is 2.10. The Morgan fingerprint density at radius 2 is 2.00 bits per heavy atom. The van der Waals surface area contributed by atoms with Gasteiger partial charge < -0.3 is 5.73 Å². The van der Waals surface area contributed by atoms with E-state index in [1.807, 2.05) is 19.1 Å². The van der Waals surface area contributed by atoms with E-state index in [9.17, 15) is 0 Å². The maximum absolute atomic E-state index is 6.46.